The summed E-state index contributed by atoms with van der Waals surface area (Å²) in [6, 6.07) is 0. The zero-order valence-corrected chi connectivity index (χ0v) is 50.6. The molecule has 0 aliphatic carbocycles. The first kappa shape index (κ1) is 74.0. The van der Waals surface area contributed by atoms with Crippen molar-refractivity contribution in [1.29, 1.82) is 0 Å². The highest BCUT2D eigenvalue weighted by molar-refractivity contribution is 7.47. The van der Waals surface area contributed by atoms with Gasteiger partial charge in [0.05, 0.1) is 19.8 Å². The fraction of sp³-hybridized carbons (Fsp3) is 0.891. The predicted octanol–water partition coefficient (Wildman–Crippen LogP) is 19.4. The Morgan fingerprint density at radius 1 is 0.368 bits per heavy atom. The van der Waals surface area contributed by atoms with Gasteiger partial charge in [-0.1, -0.05) is 283 Å². The van der Waals surface area contributed by atoms with Gasteiger partial charge in [0.15, 0.2) is 6.10 Å². The predicted molar refractivity (Wildman–Crippen MR) is 316 cm³/mol. The Bertz CT molecular complexity index is 1370. The van der Waals surface area contributed by atoms with Gasteiger partial charge in [-0.25, -0.2) is 4.57 Å². The van der Waals surface area contributed by atoms with Crippen molar-refractivity contribution < 1.29 is 52.2 Å². The van der Waals surface area contributed by atoms with Crippen LogP contribution in [0, 0.1) is 0 Å². The van der Waals surface area contributed by atoms with Crippen molar-refractivity contribution >= 4 is 25.7 Å². The quantitative estimate of drug-likeness (QED) is 0.0197. The fourth-order valence-corrected chi connectivity index (χ4v) is 10.2. The summed E-state index contributed by atoms with van der Waals surface area (Å²) in [4.78, 5) is 48.7. The molecule has 0 heterocycles. The molecule has 0 bridgehead atoms. The van der Waals surface area contributed by atoms with Crippen LogP contribution in [0.5, 0.6) is 0 Å². The Morgan fingerprint density at radius 2 is 0.645 bits per heavy atom. The number of aliphatic hydroxyl groups excluding tert-OH is 1. The minimum Gasteiger partial charge on any atom is -0.462 e. The number of phosphoric acid groups is 1. The Hall–Kier alpha value is -2.04. The molecule has 76 heavy (non-hydrogen) atoms. The zero-order valence-electron chi connectivity index (χ0n) is 49.7. The van der Waals surface area contributed by atoms with Crippen LogP contribution in [0.4, 0.5) is 0 Å². The maximum Gasteiger partial charge on any atom is 0.472 e. The highest BCUT2D eigenvalue weighted by atomic mass is 31.2. The van der Waals surface area contributed by atoms with E-state index in [9.17, 15) is 28.9 Å². The average molecular weight is 1100 g/mol. The number of hydrogen-bond acceptors (Lipinski definition) is 10. The number of ether oxygens (including phenoxy) is 3. The molecule has 11 nitrogen and oxygen atoms in total. The van der Waals surface area contributed by atoms with Crippen LogP contribution >= 0.6 is 7.82 Å². The first-order valence-electron chi connectivity index (χ1n) is 32.2. The van der Waals surface area contributed by atoms with Crippen LogP contribution in [0.15, 0.2) is 24.3 Å². The number of hydrogen-bond donors (Lipinski definition) is 2. The van der Waals surface area contributed by atoms with Crippen molar-refractivity contribution in [3.8, 4) is 0 Å². The molecule has 0 radical (unpaired) electrons. The zero-order chi connectivity index (χ0) is 55.5. The molecular weight excluding hydrogens is 976 g/mol. The van der Waals surface area contributed by atoms with E-state index in [1.54, 1.807) is 0 Å². The van der Waals surface area contributed by atoms with Gasteiger partial charge >= 0.3 is 25.7 Å². The summed E-state index contributed by atoms with van der Waals surface area (Å²) >= 11 is 0. The lowest BCUT2D eigenvalue weighted by Crippen LogP contribution is -2.30. The minimum atomic E-state index is -4.75. The van der Waals surface area contributed by atoms with Gasteiger partial charge in [0.25, 0.3) is 0 Å². The second-order valence-corrected chi connectivity index (χ2v) is 23.4. The molecule has 0 saturated heterocycles. The maximum absolute atomic E-state index is 12.9. The Kier molecular flexibility index (Phi) is 57.5. The Morgan fingerprint density at radius 3 is 1.00 bits per heavy atom. The molecule has 0 aromatic carbocycles. The second kappa shape index (κ2) is 59.1. The minimum absolute atomic E-state index is 0.166. The summed E-state index contributed by atoms with van der Waals surface area (Å²) in [6.07, 6.45) is 61.2. The number of aliphatic hydroxyl groups is 1. The first-order chi connectivity index (χ1) is 37.2. The lowest BCUT2D eigenvalue weighted by atomic mass is 10.0. The van der Waals surface area contributed by atoms with E-state index in [0.717, 1.165) is 83.5 Å². The smallest absolute Gasteiger partial charge is 0.462 e. The molecule has 0 spiro atoms. The van der Waals surface area contributed by atoms with Gasteiger partial charge < -0.3 is 24.2 Å². The fourth-order valence-electron chi connectivity index (χ4n) is 9.45. The molecule has 0 fully saturated rings. The summed E-state index contributed by atoms with van der Waals surface area (Å²) in [5.74, 6) is -1.44. The molecule has 0 aromatic heterocycles. The van der Waals surface area contributed by atoms with Crippen molar-refractivity contribution in [1.82, 2.24) is 0 Å². The van der Waals surface area contributed by atoms with Crippen molar-refractivity contribution in [3.63, 3.8) is 0 Å². The molecular formula is C64H121O11P. The van der Waals surface area contributed by atoms with Crippen LogP contribution in [-0.2, 0) is 42.2 Å². The third kappa shape index (κ3) is 56.7. The van der Waals surface area contributed by atoms with Crippen LogP contribution in [0.1, 0.15) is 329 Å². The van der Waals surface area contributed by atoms with E-state index in [1.807, 2.05) is 0 Å². The van der Waals surface area contributed by atoms with E-state index >= 15 is 0 Å². The average Bonchev–Trinajstić information content (AvgIpc) is 3.41. The van der Waals surface area contributed by atoms with E-state index in [-0.39, 0.29) is 25.9 Å². The molecule has 3 atom stereocenters. The highest BCUT2D eigenvalue weighted by Gasteiger charge is 2.28. The summed E-state index contributed by atoms with van der Waals surface area (Å²) < 4.78 is 39.7. The Balaban J connectivity index is 4.66. The van der Waals surface area contributed by atoms with Crippen LogP contribution in [0.25, 0.3) is 0 Å². The van der Waals surface area contributed by atoms with Gasteiger partial charge in [0, 0.05) is 19.3 Å². The lowest BCUT2D eigenvalue weighted by Gasteiger charge is -2.21. The molecule has 0 aromatic rings. The van der Waals surface area contributed by atoms with E-state index in [2.05, 4.69) is 45.1 Å². The second-order valence-electron chi connectivity index (χ2n) is 21.9. The maximum atomic E-state index is 12.9. The topological polar surface area (TPSA) is 155 Å². The lowest BCUT2D eigenvalue weighted by molar-refractivity contribution is -0.161. The number of esters is 3. The molecule has 12 heteroatoms. The molecule has 0 aliphatic heterocycles. The Labute approximate surface area is 468 Å². The van der Waals surface area contributed by atoms with Crippen molar-refractivity contribution in [2.45, 2.75) is 341 Å². The summed E-state index contributed by atoms with van der Waals surface area (Å²) in [6.45, 7) is 4.69. The number of carbonyl (C=O) groups is 3. The number of rotatable bonds is 61. The van der Waals surface area contributed by atoms with Crippen molar-refractivity contribution in [2.24, 2.45) is 0 Å². The van der Waals surface area contributed by atoms with Crippen molar-refractivity contribution in [2.75, 3.05) is 26.4 Å². The number of allylic oxidation sites excluding steroid dienone is 4. The van der Waals surface area contributed by atoms with E-state index in [4.69, 9.17) is 23.3 Å². The summed E-state index contributed by atoms with van der Waals surface area (Å²) in [5, 5.41) is 9.84. The first-order valence-corrected chi connectivity index (χ1v) is 33.7. The molecule has 2 N–H and O–H groups in total. The van der Waals surface area contributed by atoms with Gasteiger partial charge in [-0.2, -0.15) is 0 Å². The van der Waals surface area contributed by atoms with Gasteiger partial charge in [-0.3, -0.25) is 23.4 Å². The SMILES string of the molecule is CCCCC/C=C\C/C=C\CCCCCCCC(=O)OC(CO)COP(=O)(O)OCC(COC(=O)CCCCCCCCCCCCCCCCCCC)OC(=O)CCCCCCCCCCCCCCCCCCC. The summed E-state index contributed by atoms with van der Waals surface area (Å²) in [7, 11) is -4.75. The van der Waals surface area contributed by atoms with E-state index in [0.29, 0.717) is 19.3 Å². The van der Waals surface area contributed by atoms with Crippen LogP contribution in [0.2, 0.25) is 0 Å². The van der Waals surface area contributed by atoms with Gasteiger partial charge in [-0.05, 0) is 51.4 Å². The third-order valence-corrected chi connectivity index (χ3v) is 15.3. The van der Waals surface area contributed by atoms with E-state index < -0.39 is 57.8 Å². The summed E-state index contributed by atoms with van der Waals surface area (Å²) in [5.41, 5.74) is 0. The molecule has 3 unspecified atom stereocenters. The monoisotopic (exact) mass is 1100 g/mol. The largest absolute Gasteiger partial charge is 0.472 e. The highest BCUT2D eigenvalue weighted by Crippen LogP contribution is 2.43. The van der Waals surface area contributed by atoms with Crippen LogP contribution in [-0.4, -0.2) is 66.5 Å². The van der Waals surface area contributed by atoms with E-state index in [1.165, 1.54) is 186 Å². The molecule has 0 amide bonds. The van der Waals surface area contributed by atoms with Gasteiger partial charge in [0.1, 0.15) is 12.7 Å². The molecule has 0 rings (SSSR count). The number of unbranched alkanes of at least 4 members (excludes halogenated alkanes) is 40. The van der Waals surface area contributed by atoms with Crippen LogP contribution in [0.3, 0.4) is 0 Å². The van der Waals surface area contributed by atoms with Crippen LogP contribution < -0.4 is 0 Å². The standard InChI is InChI=1S/C64H121O11P/c1-4-7-10-13-16-19-22-25-28-30-33-35-38-41-44-47-50-53-62(66)71-57-61(75-64(68)55-52-49-46-43-40-37-34-31-29-26-23-20-17-14-11-8-5-2)59-73-76(69,70)72-58-60(56-65)74-63(67)54-51-48-45-42-39-36-32-27-24-21-18-15-12-9-6-3/h18,21,27,32,60-61,65H,4-17,19-20,22-26,28-31,33-59H2,1-3H3,(H,69,70)/b21-18-,32-27-. The van der Waals surface area contributed by atoms with Crippen molar-refractivity contribution in [3.05, 3.63) is 24.3 Å². The molecule has 448 valence electrons. The molecule has 0 saturated carbocycles. The van der Waals surface area contributed by atoms with Gasteiger partial charge in [0.2, 0.25) is 0 Å². The third-order valence-electron chi connectivity index (χ3n) is 14.4. The normalized spacial score (nSPS) is 13.4. The number of carbonyl (C=O) groups excluding carboxylic acids is 3. The molecule has 0 aliphatic rings. The number of phosphoric ester groups is 1. The van der Waals surface area contributed by atoms with Gasteiger partial charge in [-0.15, -0.1) is 0 Å².